The van der Waals surface area contributed by atoms with E-state index in [1.807, 2.05) is 39.9 Å². The van der Waals surface area contributed by atoms with Crippen LogP contribution in [-0.2, 0) is 9.59 Å². The van der Waals surface area contributed by atoms with E-state index < -0.39 is 23.3 Å². The first-order valence-electron chi connectivity index (χ1n) is 6.96. The fourth-order valence-electron chi connectivity index (χ4n) is 2.31. The quantitative estimate of drug-likeness (QED) is 0.597. The first-order chi connectivity index (χ1) is 9.22. The van der Waals surface area contributed by atoms with Gasteiger partial charge in [-0.25, -0.2) is 0 Å². The number of carbonyl (C=O) groups excluding carboxylic acids is 2. The Balaban J connectivity index is 0. The molecular formula is C14H28N3NaO3. The molecule has 0 aliphatic carbocycles. The van der Waals surface area contributed by atoms with Gasteiger partial charge in [0.25, 0.3) is 11.9 Å². The van der Waals surface area contributed by atoms with E-state index in [2.05, 4.69) is 10.3 Å². The van der Waals surface area contributed by atoms with Gasteiger partial charge in [0.15, 0.2) is 0 Å². The predicted octanol–water partition coefficient (Wildman–Crippen LogP) is 0.919. The van der Waals surface area contributed by atoms with Crippen molar-refractivity contribution in [2.24, 2.45) is 16.3 Å². The predicted molar refractivity (Wildman–Crippen MR) is 86.8 cm³/mol. The third kappa shape index (κ3) is 6.06. The van der Waals surface area contributed by atoms with Crippen LogP contribution >= 0.6 is 0 Å². The van der Waals surface area contributed by atoms with Crippen LogP contribution in [0.5, 0.6) is 0 Å². The Hall–Kier alpha value is -0.430. The van der Waals surface area contributed by atoms with Gasteiger partial charge in [-0.1, -0.05) is 27.2 Å². The molecule has 0 saturated carbocycles. The third-order valence-electron chi connectivity index (χ3n) is 3.34. The number of rotatable bonds is 4. The average molecular weight is 309 g/mol. The van der Waals surface area contributed by atoms with Gasteiger partial charge in [0.1, 0.15) is 5.41 Å². The summed E-state index contributed by atoms with van der Waals surface area (Å²) in [6, 6.07) is -0.595. The number of hydrogen-bond donors (Lipinski definition) is 2. The zero-order chi connectivity index (χ0) is 15.9. The number of aliphatic imine (C=N–C) groups is 1. The second-order valence-electron chi connectivity index (χ2n) is 5.55. The molecule has 2 amide bonds. The molecule has 1 heterocycles. The molecule has 0 radical (unpaired) electrons. The molecule has 0 aromatic rings. The molecule has 1 rings (SSSR count). The molecule has 2 unspecified atom stereocenters. The monoisotopic (exact) mass is 309 g/mol. The van der Waals surface area contributed by atoms with Crippen LogP contribution in [0.15, 0.2) is 4.99 Å². The van der Waals surface area contributed by atoms with Crippen molar-refractivity contribution in [3.05, 3.63) is 0 Å². The molecule has 0 saturated heterocycles. The fourth-order valence-corrected chi connectivity index (χ4v) is 2.31. The van der Waals surface area contributed by atoms with E-state index in [4.69, 9.17) is 5.11 Å². The molecule has 0 fully saturated rings. The molecule has 7 heteroatoms. The Bertz CT molecular complexity index is 383. The zero-order valence-corrected chi connectivity index (χ0v) is 13.4. The summed E-state index contributed by atoms with van der Waals surface area (Å²) in [4.78, 5) is 29.2. The summed E-state index contributed by atoms with van der Waals surface area (Å²) in [6.07, 6.45) is 2.08. The average Bonchev–Trinajstić information content (AvgIpc) is 2.28. The van der Waals surface area contributed by atoms with E-state index in [-0.39, 0.29) is 35.5 Å². The summed E-state index contributed by atoms with van der Waals surface area (Å²) in [6.45, 7) is 5.68. The standard InChI is InChI=1S/C11H18N2O3.C3H9N.Na.H/c1-4-6-7(3)11(5-2)8(14)12-10(16)13-9(11)15;1-4(2)3;;/h7H,4-6H2,1-3H3,(H2,12,13,14,15,16);1-3H3;;. The summed E-state index contributed by atoms with van der Waals surface area (Å²) >= 11 is 0. The van der Waals surface area contributed by atoms with Gasteiger partial charge >= 0.3 is 29.6 Å². The maximum absolute atomic E-state index is 11.9. The van der Waals surface area contributed by atoms with Crippen molar-refractivity contribution in [3.8, 4) is 0 Å². The first kappa shape index (κ1) is 22.8. The minimum atomic E-state index is -1.11. The Morgan fingerprint density at radius 1 is 1.29 bits per heavy atom. The summed E-state index contributed by atoms with van der Waals surface area (Å²) in [7, 11) is 6.00. The molecule has 2 atom stereocenters. The van der Waals surface area contributed by atoms with E-state index in [0.717, 1.165) is 12.8 Å². The SMILES string of the molecule is CCCC(C)C1(CC)C(=O)N=C(O)NC1=O.CN(C)C.[NaH]. The van der Waals surface area contributed by atoms with E-state index in [1.54, 1.807) is 6.92 Å². The number of nitrogens with one attached hydrogen (secondary N) is 1. The topological polar surface area (TPSA) is 82.0 Å². The molecule has 118 valence electrons. The van der Waals surface area contributed by atoms with Crippen molar-refractivity contribution in [2.45, 2.75) is 40.0 Å². The summed E-state index contributed by atoms with van der Waals surface area (Å²) in [5.74, 6) is -1.04. The molecule has 0 aromatic carbocycles. The Morgan fingerprint density at radius 2 is 1.76 bits per heavy atom. The van der Waals surface area contributed by atoms with Gasteiger partial charge in [0.05, 0.1) is 0 Å². The number of carbonyl (C=O) groups is 2. The van der Waals surface area contributed by atoms with Gasteiger partial charge in [-0.05, 0) is 39.9 Å². The van der Waals surface area contributed by atoms with E-state index in [9.17, 15) is 9.59 Å². The van der Waals surface area contributed by atoms with Crippen LogP contribution in [-0.4, -0.2) is 78.5 Å². The number of aliphatic hydroxyl groups excluding tert-OH is 1. The molecule has 1 aliphatic heterocycles. The van der Waals surface area contributed by atoms with Crippen LogP contribution in [0, 0.1) is 11.3 Å². The van der Waals surface area contributed by atoms with Gasteiger partial charge in [-0.2, -0.15) is 4.99 Å². The van der Waals surface area contributed by atoms with Gasteiger partial charge < -0.3 is 10.0 Å². The number of hydrogen-bond acceptors (Lipinski definition) is 3. The van der Waals surface area contributed by atoms with Crippen LogP contribution in [0.3, 0.4) is 0 Å². The molecule has 6 nitrogen and oxygen atoms in total. The minimum absolute atomic E-state index is 0. The Morgan fingerprint density at radius 3 is 2.10 bits per heavy atom. The fraction of sp³-hybridized carbons (Fsp3) is 0.786. The molecule has 2 N–H and O–H groups in total. The molecule has 0 bridgehead atoms. The van der Waals surface area contributed by atoms with Crippen molar-refractivity contribution >= 4 is 47.4 Å². The molecule has 0 spiro atoms. The van der Waals surface area contributed by atoms with E-state index in [1.165, 1.54) is 0 Å². The van der Waals surface area contributed by atoms with Crippen LogP contribution in [0.4, 0.5) is 0 Å². The van der Waals surface area contributed by atoms with Gasteiger partial charge in [0, 0.05) is 0 Å². The first-order valence-corrected chi connectivity index (χ1v) is 6.96. The van der Waals surface area contributed by atoms with Gasteiger partial charge in [-0.15, -0.1) is 0 Å². The van der Waals surface area contributed by atoms with Crippen molar-refractivity contribution < 1.29 is 14.7 Å². The molecule has 1 aliphatic rings. The second-order valence-corrected chi connectivity index (χ2v) is 5.55. The maximum atomic E-state index is 11.9. The zero-order valence-electron chi connectivity index (χ0n) is 13.4. The number of aliphatic hydroxyl groups is 1. The molecular weight excluding hydrogens is 281 g/mol. The second kappa shape index (κ2) is 10.3. The van der Waals surface area contributed by atoms with Crippen molar-refractivity contribution in [1.82, 2.24) is 10.2 Å². The number of amidine groups is 1. The Labute approximate surface area is 149 Å². The van der Waals surface area contributed by atoms with Crippen molar-refractivity contribution in [1.29, 1.82) is 0 Å². The van der Waals surface area contributed by atoms with Crippen LogP contribution in [0.25, 0.3) is 0 Å². The van der Waals surface area contributed by atoms with Crippen LogP contribution in [0.1, 0.15) is 40.0 Å². The molecule has 21 heavy (non-hydrogen) atoms. The Kier molecular flexibility index (Phi) is 11.2. The summed E-state index contributed by atoms with van der Waals surface area (Å²) in [5, 5.41) is 11.3. The third-order valence-corrected chi connectivity index (χ3v) is 3.34. The van der Waals surface area contributed by atoms with E-state index >= 15 is 0 Å². The van der Waals surface area contributed by atoms with Crippen molar-refractivity contribution in [2.75, 3.05) is 21.1 Å². The summed E-state index contributed by atoms with van der Waals surface area (Å²) in [5.41, 5.74) is -1.11. The number of nitrogens with zero attached hydrogens (tertiary/aromatic N) is 2. The van der Waals surface area contributed by atoms with Crippen molar-refractivity contribution in [3.63, 3.8) is 0 Å². The molecule has 0 aromatic heterocycles. The van der Waals surface area contributed by atoms with Gasteiger partial charge in [0.2, 0.25) is 5.91 Å². The normalized spacial score (nSPS) is 22.5. The summed E-state index contributed by atoms with van der Waals surface area (Å²) < 4.78 is 0. The van der Waals surface area contributed by atoms with E-state index in [0.29, 0.717) is 6.42 Å². The van der Waals surface area contributed by atoms with Crippen LogP contribution in [0.2, 0.25) is 0 Å². The van der Waals surface area contributed by atoms with Crippen LogP contribution < -0.4 is 5.32 Å². The van der Waals surface area contributed by atoms with Gasteiger partial charge in [-0.3, -0.25) is 14.9 Å². The number of amides is 2.